The van der Waals surface area contributed by atoms with Gasteiger partial charge in [-0.25, -0.2) is 0 Å². The summed E-state index contributed by atoms with van der Waals surface area (Å²) in [6.45, 7) is 7.63. The molecule has 4 nitrogen and oxygen atoms in total. The van der Waals surface area contributed by atoms with Gasteiger partial charge in [0.05, 0.1) is 6.42 Å². The van der Waals surface area contributed by atoms with Crippen molar-refractivity contribution in [2.75, 3.05) is 39.3 Å². The lowest BCUT2D eigenvalue weighted by Crippen LogP contribution is -2.36. The van der Waals surface area contributed by atoms with Crippen LogP contribution in [0.2, 0.25) is 0 Å². The maximum Gasteiger partial charge on any atom is 0.227 e. The number of benzene rings is 1. The summed E-state index contributed by atoms with van der Waals surface area (Å²) < 4.78 is 0. The summed E-state index contributed by atoms with van der Waals surface area (Å²) >= 11 is 0. The molecule has 1 fully saturated rings. The molecule has 1 amide bonds. The van der Waals surface area contributed by atoms with E-state index in [9.17, 15) is 4.79 Å². The number of hydrogen-bond donors (Lipinski definition) is 1. The molecule has 4 heteroatoms. The van der Waals surface area contributed by atoms with Crippen LogP contribution in [0.3, 0.4) is 0 Å². The monoisotopic (exact) mass is 289 g/mol. The quantitative estimate of drug-likeness (QED) is 0.892. The Bertz CT molecular complexity index is 461. The van der Waals surface area contributed by atoms with Gasteiger partial charge < -0.3 is 15.5 Å². The fourth-order valence-electron chi connectivity index (χ4n) is 2.84. The Morgan fingerprint density at radius 2 is 2.00 bits per heavy atom. The first-order valence-electron chi connectivity index (χ1n) is 7.95. The highest BCUT2D eigenvalue weighted by Gasteiger charge is 2.19. The van der Waals surface area contributed by atoms with Crippen molar-refractivity contribution in [3.8, 4) is 0 Å². The van der Waals surface area contributed by atoms with Crippen LogP contribution in [0.1, 0.15) is 24.0 Å². The zero-order chi connectivity index (χ0) is 15.1. The van der Waals surface area contributed by atoms with Crippen LogP contribution in [-0.4, -0.2) is 55.0 Å². The zero-order valence-corrected chi connectivity index (χ0v) is 13.1. The van der Waals surface area contributed by atoms with Gasteiger partial charge in [0.15, 0.2) is 0 Å². The molecular formula is C17H27N3O. The summed E-state index contributed by atoms with van der Waals surface area (Å²) in [5.74, 6) is 0.255. The topological polar surface area (TPSA) is 49.6 Å². The normalized spacial score (nSPS) is 16.8. The SMILES string of the molecule is Cc1ccccc1CC(=O)N1CCCN(CCCN)CC1. The Balaban J connectivity index is 1.87. The molecule has 0 spiro atoms. The minimum Gasteiger partial charge on any atom is -0.341 e. The minimum absolute atomic E-state index is 0.255. The van der Waals surface area contributed by atoms with Gasteiger partial charge in [0.1, 0.15) is 0 Å². The molecule has 116 valence electrons. The lowest BCUT2D eigenvalue weighted by molar-refractivity contribution is -0.130. The van der Waals surface area contributed by atoms with Crippen LogP contribution < -0.4 is 5.73 Å². The van der Waals surface area contributed by atoms with Gasteiger partial charge in [-0.3, -0.25) is 4.79 Å². The van der Waals surface area contributed by atoms with E-state index in [0.29, 0.717) is 6.42 Å². The Hall–Kier alpha value is -1.39. The van der Waals surface area contributed by atoms with Crippen molar-refractivity contribution in [2.24, 2.45) is 5.73 Å². The van der Waals surface area contributed by atoms with E-state index in [4.69, 9.17) is 5.73 Å². The van der Waals surface area contributed by atoms with Gasteiger partial charge in [0, 0.05) is 19.6 Å². The van der Waals surface area contributed by atoms with Crippen LogP contribution in [0, 0.1) is 6.92 Å². The fourth-order valence-corrected chi connectivity index (χ4v) is 2.84. The van der Waals surface area contributed by atoms with Crippen molar-refractivity contribution >= 4 is 5.91 Å². The van der Waals surface area contributed by atoms with Crippen molar-refractivity contribution < 1.29 is 4.79 Å². The molecule has 0 unspecified atom stereocenters. The number of nitrogens with zero attached hydrogens (tertiary/aromatic N) is 2. The number of carbonyl (C=O) groups is 1. The highest BCUT2D eigenvalue weighted by molar-refractivity contribution is 5.79. The molecule has 1 aromatic rings. The first-order valence-corrected chi connectivity index (χ1v) is 7.95. The molecule has 1 aromatic carbocycles. The summed E-state index contributed by atoms with van der Waals surface area (Å²) in [7, 11) is 0. The second kappa shape index (κ2) is 8.15. The molecule has 0 atom stereocenters. The van der Waals surface area contributed by atoms with Crippen molar-refractivity contribution in [3.05, 3.63) is 35.4 Å². The van der Waals surface area contributed by atoms with Gasteiger partial charge in [0.25, 0.3) is 0 Å². The van der Waals surface area contributed by atoms with E-state index in [1.165, 1.54) is 5.56 Å². The van der Waals surface area contributed by atoms with Crippen LogP contribution in [0.15, 0.2) is 24.3 Å². The Labute approximate surface area is 127 Å². The third-order valence-electron chi connectivity index (χ3n) is 4.22. The fraction of sp³-hybridized carbons (Fsp3) is 0.588. The number of nitrogens with two attached hydrogens (primary N) is 1. The van der Waals surface area contributed by atoms with Crippen molar-refractivity contribution in [1.82, 2.24) is 9.80 Å². The maximum atomic E-state index is 12.5. The lowest BCUT2D eigenvalue weighted by atomic mass is 10.1. The minimum atomic E-state index is 0.255. The maximum absolute atomic E-state index is 12.5. The smallest absolute Gasteiger partial charge is 0.227 e. The molecule has 21 heavy (non-hydrogen) atoms. The number of amides is 1. The molecule has 0 saturated carbocycles. The van der Waals surface area contributed by atoms with E-state index in [1.807, 2.05) is 17.0 Å². The second-order valence-corrected chi connectivity index (χ2v) is 5.82. The van der Waals surface area contributed by atoms with Gasteiger partial charge in [-0.05, 0) is 50.5 Å². The summed E-state index contributed by atoms with van der Waals surface area (Å²) in [6.07, 6.45) is 2.62. The average Bonchev–Trinajstić information content (AvgIpc) is 2.73. The molecule has 1 saturated heterocycles. The summed E-state index contributed by atoms with van der Waals surface area (Å²) in [5, 5.41) is 0. The van der Waals surface area contributed by atoms with E-state index >= 15 is 0 Å². The van der Waals surface area contributed by atoms with Gasteiger partial charge in [-0.2, -0.15) is 0 Å². The number of rotatable bonds is 5. The standard InChI is InChI=1S/C17H27N3O/c1-15-6-2-3-7-16(15)14-17(21)20-11-5-10-19(12-13-20)9-4-8-18/h2-3,6-7H,4-5,8-14,18H2,1H3. The molecule has 0 bridgehead atoms. The highest BCUT2D eigenvalue weighted by atomic mass is 16.2. The third-order valence-corrected chi connectivity index (χ3v) is 4.22. The Morgan fingerprint density at radius 1 is 1.19 bits per heavy atom. The number of hydrogen-bond acceptors (Lipinski definition) is 3. The predicted molar refractivity (Wildman–Crippen MR) is 86.2 cm³/mol. The summed E-state index contributed by atoms with van der Waals surface area (Å²) in [6, 6.07) is 8.15. The number of aryl methyl sites for hydroxylation is 1. The summed E-state index contributed by atoms with van der Waals surface area (Å²) in [5.41, 5.74) is 7.91. The van der Waals surface area contributed by atoms with E-state index in [1.54, 1.807) is 0 Å². The highest BCUT2D eigenvalue weighted by Crippen LogP contribution is 2.11. The largest absolute Gasteiger partial charge is 0.341 e. The van der Waals surface area contributed by atoms with Crippen molar-refractivity contribution in [1.29, 1.82) is 0 Å². The van der Waals surface area contributed by atoms with Crippen LogP contribution in [0.25, 0.3) is 0 Å². The van der Waals surface area contributed by atoms with E-state index in [0.717, 1.165) is 57.7 Å². The van der Waals surface area contributed by atoms with E-state index in [2.05, 4.69) is 24.0 Å². The van der Waals surface area contributed by atoms with Gasteiger partial charge in [-0.1, -0.05) is 24.3 Å². The molecular weight excluding hydrogens is 262 g/mol. The molecule has 0 radical (unpaired) electrons. The number of carbonyl (C=O) groups excluding carboxylic acids is 1. The second-order valence-electron chi connectivity index (χ2n) is 5.82. The first-order chi connectivity index (χ1) is 10.2. The van der Waals surface area contributed by atoms with Gasteiger partial charge >= 0.3 is 0 Å². The molecule has 1 aliphatic heterocycles. The molecule has 0 aromatic heterocycles. The molecule has 2 rings (SSSR count). The Kier molecular flexibility index (Phi) is 6.21. The van der Waals surface area contributed by atoms with Gasteiger partial charge in [-0.15, -0.1) is 0 Å². The van der Waals surface area contributed by atoms with E-state index < -0.39 is 0 Å². The predicted octanol–water partition coefficient (Wildman–Crippen LogP) is 1.42. The molecule has 1 heterocycles. The Morgan fingerprint density at radius 3 is 2.76 bits per heavy atom. The van der Waals surface area contributed by atoms with E-state index in [-0.39, 0.29) is 5.91 Å². The van der Waals surface area contributed by atoms with Crippen molar-refractivity contribution in [2.45, 2.75) is 26.2 Å². The van der Waals surface area contributed by atoms with Crippen molar-refractivity contribution in [3.63, 3.8) is 0 Å². The van der Waals surface area contributed by atoms with Crippen LogP contribution in [0.4, 0.5) is 0 Å². The lowest BCUT2D eigenvalue weighted by Gasteiger charge is -2.22. The average molecular weight is 289 g/mol. The van der Waals surface area contributed by atoms with Crippen LogP contribution in [0.5, 0.6) is 0 Å². The van der Waals surface area contributed by atoms with Gasteiger partial charge in [0.2, 0.25) is 5.91 Å². The van der Waals surface area contributed by atoms with Crippen LogP contribution >= 0.6 is 0 Å². The summed E-state index contributed by atoms with van der Waals surface area (Å²) in [4.78, 5) is 16.9. The molecule has 1 aliphatic rings. The first kappa shape index (κ1) is 16.0. The molecule has 2 N–H and O–H groups in total. The third kappa shape index (κ3) is 4.83. The molecule has 0 aliphatic carbocycles. The zero-order valence-electron chi connectivity index (χ0n) is 13.1. The van der Waals surface area contributed by atoms with Crippen LogP contribution in [-0.2, 0) is 11.2 Å².